The number of halogens is 6. The number of nitrogens with one attached hydrogen (secondary N) is 1. The van der Waals surface area contributed by atoms with Crippen molar-refractivity contribution in [1.29, 1.82) is 0 Å². The van der Waals surface area contributed by atoms with Gasteiger partial charge in [0, 0.05) is 36.8 Å². The third kappa shape index (κ3) is 4.98. The number of anilines is 2. The van der Waals surface area contributed by atoms with Crippen molar-refractivity contribution in [2.24, 2.45) is 0 Å². The average Bonchev–Trinajstić information content (AvgIpc) is 3.45. The van der Waals surface area contributed by atoms with Crippen LogP contribution in [0.25, 0.3) is 22.2 Å². The van der Waals surface area contributed by atoms with Gasteiger partial charge in [-0.15, -0.1) is 0 Å². The van der Waals surface area contributed by atoms with Gasteiger partial charge in [0.05, 0.1) is 23.0 Å². The minimum absolute atomic E-state index is 0.00522. The second kappa shape index (κ2) is 10.8. The summed E-state index contributed by atoms with van der Waals surface area (Å²) in [7, 11) is -4.42. The van der Waals surface area contributed by atoms with Crippen molar-refractivity contribution in [2.45, 2.75) is 81.3 Å². The van der Waals surface area contributed by atoms with E-state index in [1.807, 2.05) is 11.8 Å². The number of hydrogen-bond acceptors (Lipinski definition) is 10. The second-order valence-corrected chi connectivity index (χ2v) is 14.9. The summed E-state index contributed by atoms with van der Waals surface area (Å²) in [4.78, 5) is 16.4. The van der Waals surface area contributed by atoms with Gasteiger partial charge in [-0.25, -0.2) is 36.5 Å². The van der Waals surface area contributed by atoms with Crippen molar-refractivity contribution in [3.63, 3.8) is 0 Å². The molecule has 0 amide bonds. The summed E-state index contributed by atoms with van der Waals surface area (Å²) in [6.45, 7) is 5.86. The number of nitrogens with two attached hydrogens (primary N) is 1. The van der Waals surface area contributed by atoms with Crippen molar-refractivity contribution < 1.29 is 39.5 Å². The van der Waals surface area contributed by atoms with Gasteiger partial charge in [-0.1, -0.05) is 0 Å². The van der Waals surface area contributed by atoms with Crippen molar-refractivity contribution in [1.82, 2.24) is 25.2 Å². The molecule has 0 saturated carbocycles. The monoisotopic (exact) mass is 685 g/mol. The number of ether oxygens (including phenoxy) is 1. The van der Waals surface area contributed by atoms with Crippen LogP contribution in [0.5, 0.6) is 5.88 Å². The number of aromatic nitrogens is 3. The Morgan fingerprint density at radius 2 is 1.89 bits per heavy atom. The fourth-order valence-electron chi connectivity index (χ4n) is 8.06. The summed E-state index contributed by atoms with van der Waals surface area (Å²) in [5.41, 5.74) is -0.664. The van der Waals surface area contributed by atoms with Gasteiger partial charge in [0.25, 0.3) is 0 Å². The van der Waals surface area contributed by atoms with E-state index in [0.717, 1.165) is 6.92 Å². The number of sulfone groups is 1. The molecule has 3 N–H and O–H groups in total. The van der Waals surface area contributed by atoms with Crippen LogP contribution < -0.4 is 20.7 Å². The molecule has 6 heterocycles. The van der Waals surface area contributed by atoms with E-state index in [9.17, 15) is 30.4 Å². The smallest absolute Gasteiger partial charge is 0.417 e. The lowest BCUT2D eigenvalue weighted by Gasteiger charge is -2.42. The zero-order chi connectivity index (χ0) is 33.8. The van der Waals surface area contributed by atoms with Crippen LogP contribution >= 0.6 is 0 Å². The molecule has 3 unspecified atom stereocenters. The number of pyridine rings is 1. The van der Waals surface area contributed by atoms with Crippen LogP contribution in [0.2, 0.25) is 0 Å². The van der Waals surface area contributed by atoms with Gasteiger partial charge in [0.1, 0.15) is 40.5 Å². The molecule has 254 valence electrons. The van der Waals surface area contributed by atoms with Crippen LogP contribution in [0.4, 0.5) is 37.8 Å². The van der Waals surface area contributed by atoms with Crippen LogP contribution in [0.15, 0.2) is 11.2 Å². The van der Waals surface area contributed by atoms with Crippen molar-refractivity contribution in [2.75, 3.05) is 42.6 Å². The first kappa shape index (κ1) is 32.1. The SMILES string of the molecule is Cc1c(F)c(N)cc(-c2nc3c4c(nc(S(=O)(=O)C[C@@]56CCCN5C[C@H](F)C6)nc4c2F)N2CCNC(C)C2C(C)O3)c1C(F)(F)F. The van der Waals surface area contributed by atoms with E-state index in [4.69, 9.17) is 10.5 Å². The van der Waals surface area contributed by atoms with Crippen LogP contribution in [0.1, 0.15) is 44.2 Å². The van der Waals surface area contributed by atoms with Gasteiger partial charge in [-0.2, -0.15) is 13.2 Å². The van der Waals surface area contributed by atoms with Crippen molar-refractivity contribution in [3.05, 3.63) is 28.8 Å². The predicted molar refractivity (Wildman–Crippen MR) is 161 cm³/mol. The Balaban J connectivity index is 1.50. The van der Waals surface area contributed by atoms with E-state index in [0.29, 0.717) is 38.5 Å². The number of hydrogen-bond donors (Lipinski definition) is 2. The van der Waals surface area contributed by atoms with Gasteiger partial charge in [-0.05, 0) is 58.2 Å². The second-order valence-electron chi connectivity index (χ2n) is 13.0. The molecular formula is C30H33F6N7O3S. The fourth-order valence-corrected chi connectivity index (χ4v) is 9.79. The molecule has 17 heteroatoms. The third-order valence-corrected chi connectivity index (χ3v) is 11.7. The van der Waals surface area contributed by atoms with E-state index in [-0.39, 0.29) is 36.1 Å². The maximum Gasteiger partial charge on any atom is 0.417 e. The van der Waals surface area contributed by atoms with Gasteiger partial charge in [0.15, 0.2) is 5.82 Å². The Labute approximate surface area is 266 Å². The van der Waals surface area contributed by atoms with Crippen LogP contribution in [-0.2, 0) is 16.0 Å². The molecule has 10 nitrogen and oxygen atoms in total. The Bertz CT molecular complexity index is 1910. The van der Waals surface area contributed by atoms with Crippen LogP contribution in [0.3, 0.4) is 0 Å². The van der Waals surface area contributed by atoms with Crippen molar-refractivity contribution >= 4 is 32.2 Å². The standard InChI is InChI=1S/C30H33F6N7O3S/c1-13-20(30(34,35)36)17(9-18(37)21(13)32)23-22(33)24-19-26(43-8-6-38-14(2)25(43)15(3)46-27(19)39-23)41-28(40-24)47(44,45)12-29-5-4-7-42(29)11-16(31)10-29/h9,14-16,25,38H,4-8,10-12,37H2,1-3H3/t14?,15?,16-,25?,29+/m1/s1. The summed E-state index contributed by atoms with van der Waals surface area (Å²) >= 11 is 0. The lowest BCUT2D eigenvalue weighted by atomic mass is 9.96. The molecule has 47 heavy (non-hydrogen) atoms. The molecule has 7 rings (SSSR count). The summed E-state index contributed by atoms with van der Waals surface area (Å²) in [5, 5.41) is 2.47. The Morgan fingerprint density at radius 1 is 1.15 bits per heavy atom. The summed E-state index contributed by atoms with van der Waals surface area (Å²) < 4.78 is 124. The highest BCUT2D eigenvalue weighted by atomic mass is 32.2. The maximum absolute atomic E-state index is 16.8. The minimum atomic E-state index is -5.14. The van der Waals surface area contributed by atoms with E-state index in [2.05, 4.69) is 20.3 Å². The molecule has 0 radical (unpaired) electrons. The molecule has 3 fully saturated rings. The molecule has 5 atom stereocenters. The maximum atomic E-state index is 16.8. The topological polar surface area (TPSA) is 127 Å². The zero-order valence-corrected chi connectivity index (χ0v) is 26.6. The molecule has 3 saturated heterocycles. The minimum Gasteiger partial charge on any atom is -0.472 e. The number of benzene rings is 1. The van der Waals surface area contributed by atoms with Gasteiger partial charge < -0.3 is 20.7 Å². The normalized spacial score (nSPS) is 27.9. The summed E-state index contributed by atoms with van der Waals surface area (Å²) in [6.07, 6.45) is -5.92. The molecule has 0 aliphatic carbocycles. The van der Waals surface area contributed by atoms with Crippen molar-refractivity contribution in [3.8, 4) is 17.1 Å². The van der Waals surface area contributed by atoms with E-state index in [1.165, 1.54) is 0 Å². The number of alkyl halides is 4. The summed E-state index contributed by atoms with van der Waals surface area (Å²) in [6, 6.07) is -0.0608. The first-order valence-electron chi connectivity index (χ1n) is 15.4. The van der Waals surface area contributed by atoms with E-state index < -0.39 is 96.0 Å². The van der Waals surface area contributed by atoms with Crippen LogP contribution in [-0.4, -0.2) is 90.1 Å². The average molecular weight is 686 g/mol. The first-order chi connectivity index (χ1) is 22.0. The lowest BCUT2D eigenvalue weighted by molar-refractivity contribution is -0.137. The number of piperazine rings is 1. The number of nitrogens with zero attached hydrogens (tertiary/aromatic N) is 5. The first-order valence-corrected chi connectivity index (χ1v) is 17.0. The quantitative estimate of drug-likeness (QED) is 0.235. The van der Waals surface area contributed by atoms with Gasteiger partial charge in [0.2, 0.25) is 20.9 Å². The molecule has 0 bridgehead atoms. The molecule has 3 aromatic rings. The highest BCUT2D eigenvalue weighted by molar-refractivity contribution is 7.91. The molecule has 2 aromatic heterocycles. The molecular weight excluding hydrogens is 652 g/mol. The largest absolute Gasteiger partial charge is 0.472 e. The van der Waals surface area contributed by atoms with Crippen LogP contribution in [0, 0.1) is 18.6 Å². The lowest BCUT2D eigenvalue weighted by Crippen LogP contribution is -2.61. The van der Waals surface area contributed by atoms with E-state index >= 15 is 4.39 Å². The fraction of sp³-hybridized carbons (Fsp3) is 0.567. The zero-order valence-electron chi connectivity index (χ0n) is 25.8. The number of nitrogen functional groups attached to an aromatic ring is 1. The van der Waals surface area contributed by atoms with Gasteiger partial charge in [-0.3, -0.25) is 4.90 Å². The Kier molecular flexibility index (Phi) is 7.37. The Morgan fingerprint density at radius 3 is 2.62 bits per heavy atom. The van der Waals surface area contributed by atoms with E-state index in [1.54, 1.807) is 11.8 Å². The number of fused-ring (bicyclic) bond motifs is 3. The highest BCUT2D eigenvalue weighted by Crippen LogP contribution is 2.47. The summed E-state index contributed by atoms with van der Waals surface area (Å²) in [5.74, 6) is -3.52. The van der Waals surface area contributed by atoms with Gasteiger partial charge >= 0.3 is 6.18 Å². The molecule has 1 aromatic carbocycles. The highest BCUT2D eigenvalue weighted by Gasteiger charge is 2.52. The molecule has 4 aliphatic heterocycles. The third-order valence-electron chi connectivity index (χ3n) is 10.0. The number of rotatable bonds is 4. The Hall–Kier alpha value is -3.44. The predicted octanol–water partition coefficient (Wildman–Crippen LogP) is 4.18. The molecule has 4 aliphatic rings. The molecule has 0 spiro atoms.